The van der Waals surface area contributed by atoms with Gasteiger partial charge in [0.05, 0.1) is 11.8 Å². The molecular formula is C16H27NO3. The third-order valence-corrected chi connectivity index (χ3v) is 4.19. The van der Waals surface area contributed by atoms with Crippen LogP contribution in [0.25, 0.3) is 0 Å². The number of carboxylic acid groups (broad SMARTS) is 1. The molecule has 0 aromatic carbocycles. The molecule has 0 radical (unpaired) electrons. The second-order valence-electron chi connectivity index (χ2n) is 5.66. The van der Waals surface area contributed by atoms with Gasteiger partial charge in [-0.15, -0.1) is 0 Å². The molecule has 0 aromatic heterocycles. The highest BCUT2D eigenvalue weighted by Crippen LogP contribution is 2.26. The zero-order valence-electron chi connectivity index (χ0n) is 12.6. The van der Waals surface area contributed by atoms with Gasteiger partial charge in [0.1, 0.15) is 0 Å². The number of carbonyl (C=O) groups excluding carboxylic acids is 1. The van der Waals surface area contributed by atoms with E-state index in [1.807, 2.05) is 12.2 Å². The van der Waals surface area contributed by atoms with Crippen molar-refractivity contribution in [2.75, 3.05) is 6.54 Å². The van der Waals surface area contributed by atoms with E-state index in [0.717, 1.165) is 12.8 Å². The van der Waals surface area contributed by atoms with Crippen molar-refractivity contribution < 1.29 is 14.7 Å². The molecule has 0 heterocycles. The lowest BCUT2D eigenvalue weighted by Crippen LogP contribution is -2.40. The third kappa shape index (κ3) is 4.99. The number of hydrogen-bond donors (Lipinski definition) is 2. The van der Waals surface area contributed by atoms with Crippen LogP contribution in [0.15, 0.2) is 12.2 Å². The summed E-state index contributed by atoms with van der Waals surface area (Å²) in [4.78, 5) is 23.4. The molecule has 4 nitrogen and oxygen atoms in total. The van der Waals surface area contributed by atoms with E-state index >= 15 is 0 Å². The van der Waals surface area contributed by atoms with E-state index in [1.165, 1.54) is 12.8 Å². The highest BCUT2D eigenvalue weighted by atomic mass is 16.4. The van der Waals surface area contributed by atoms with Crippen LogP contribution >= 0.6 is 0 Å². The fraction of sp³-hybridized carbons (Fsp3) is 0.750. The fourth-order valence-electron chi connectivity index (χ4n) is 2.70. The van der Waals surface area contributed by atoms with E-state index in [-0.39, 0.29) is 5.91 Å². The Balaban J connectivity index is 2.48. The maximum atomic E-state index is 12.2. The number of aliphatic carboxylic acids is 1. The molecule has 0 bridgehead atoms. The third-order valence-electron chi connectivity index (χ3n) is 4.19. The molecule has 0 aliphatic heterocycles. The van der Waals surface area contributed by atoms with E-state index in [0.29, 0.717) is 25.3 Å². The Hall–Kier alpha value is -1.32. The van der Waals surface area contributed by atoms with Crippen molar-refractivity contribution in [2.45, 2.75) is 52.4 Å². The summed E-state index contributed by atoms with van der Waals surface area (Å²) < 4.78 is 0. The summed E-state index contributed by atoms with van der Waals surface area (Å²) in [5.74, 6) is -1.46. The number of nitrogens with one attached hydrogen (secondary N) is 1. The SMILES string of the molecule is CCCC[C@@H](CC)CNC(=O)[C@H]1CC=CC[C@@H]1C(=O)O. The van der Waals surface area contributed by atoms with Crippen molar-refractivity contribution in [3.8, 4) is 0 Å². The minimum atomic E-state index is -0.868. The van der Waals surface area contributed by atoms with E-state index in [9.17, 15) is 14.7 Å². The number of carboxylic acids is 1. The number of amides is 1. The van der Waals surface area contributed by atoms with Crippen LogP contribution < -0.4 is 5.32 Å². The van der Waals surface area contributed by atoms with Gasteiger partial charge in [0.25, 0.3) is 0 Å². The largest absolute Gasteiger partial charge is 0.481 e. The van der Waals surface area contributed by atoms with Gasteiger partial charge in [0, 0.05) is 6.54 Å². The maximum Gasteiger partial charge on any atom is 0.307 e. The van der Waals surface area contributed by atoms with Crippen molar-refractivity contribution in [1.82, 2.24) is 5.32 Å². The summed E-state index contributed by atoms with van der Waals surface area (Å²) in [5.41, 5.74) is 0. The first-order chi connectivity index (χ1) is 9.60. The molecule has 20 heavy (non-hydrogen) atoms. The fourth-order valence-corrected chi connectivity index (χ4v) is 2.70. The predicted molar refractivity (Wildman–Crippen MR) is 79.3 cm³/mol. The Morgan fingerprint density at radius 3 is 2.45 bits per heavy atom. The lowest BCUT2D eigenvalue weighted by molar-refractivity contribution is -0.147. The first kappa shape index (κ1) is 16.7. The molecule has 1 amide bonds. The standard InChI is InChI=1S/C16H27NO3/c1-3-5-8-12(4-2)11-17-15(18)13-9-6-7-10-14(13)16(19)20/h6-7,12-14H,3-5,8-11H2,1-2H3,(H,17,18)(H,19,20)/t12-,13+,14+/m1/s1. The highest BCUT2D eigenvalue weighted by Gasteiger charge is 2.33. The molecule has 0 fully saturated rings. The molecule has 0 saturated heterocycles. The lowest BCUT2D eigenvalue weighted by atomic mass is 9.82. The Morgan fingerprint density at radius 2 is 1.90 bits per heavy atom. The van der Waals surface area contributed by atoms with Crippen LogP contribution in [-0.4, -0.2) is 23.5 Å². The molecule has 1 rings (SSSR count). The number of rotatable bonds is 8. The molecule has 0 aromatic rings. The summed E-state index contributed by atoms with van der Waals surface area (Å²) in [5, 5.41) is 12.1. The molecule has 0 spiro atoms. The summed E-state index contributed by atoms with van der Waals surface area (Å²) >= 11 is 0. The van der Waals surface area contributed by atoms with Crippen molar-refractivity contribution in [1.29, 1.82) is 0 Å². The van der Waals surface area contributed by atoms with Gasteiger partial charge in [0.15, 0.2) is 0 Å². The molecule has 114 valence electrons. The minimum Gasteiger partial charge on any atom is -0.481 e. The molecule has 1 aliphatic rings. The topological polar surface area (TPSA) is 66.4 Å². The van der Waals surface area contributed by atoms with Gasteiger partial charge in [-0.2, -0.15) is 0 Å². The molecule has 1 aliphatic carbocycles. The van der Waals surface area contributed by atoms with Crippen molar-refractivity contribution in [3.63, 3.8) is 0 Å². The van der Waals surface area contributed by atoms with Gasteiger partial charge in [-0.05, 0) is 25.2 Å². The zero-order chi connectivity index (χ0) is 15.0. The first-order valence-electron chi connectivity index (χ1n) is 7.75. The van der Waals surface area contributed by atoms with Crippen LogP contribution in [0.2, 0.25) is 0 Å². The van der Waals surface area contributed by atoms with Gasteiger partial charge < -0.3 is 10.4 Å². The van der Waals surface area contributed by atoms with E-state index < -0.39 is 17.8 Å². The van der Waals surface area contributed by atoms with E-state index in [2.05, 4.69) is 19.2 Å². The smallest absolute Gasteiger partial charge is 0.307 e. The van der Waals surface area contributed by atoms with Crippen molar-refractivity contribution in [3.05, 3.63) is 12.2 Å². The second kappa shape index (κ2) is 8.77. The van der Waals surface area contributed by atoms with Gasteiger partial charge >= 0.3 is 5.97 Å². The Kier molecular flexibility index (Phi) is 7.34. The Bertz CT molecular complexity index is 352. The average molecular weight is 281 g/mol. The number of hydrogen-bond acceptors (Lipinski definition) is 2. The highest BCUT2D eigenvalue weighted by molar-refractivity contribution is 5.85. The number of allylic oxidation sites excluding steroid dienone is 2. The summed E-state index contributed by atoms with van der Waals surface area (Å²) in [7, 11) is 0. The Labute approximate surface area is 121 Å². The van der Waals surface area contributed by atoms with Crippen molar-refractivity contribution in [2.24, 2.45) is 17.8 Å². The van der Waals surface area contributed by atoms with Crippen LogP contribution in [0.5, 0.6) is 0 Å². The monoisotopic (exact) mass is 281 g/mol. The quantitative estimate of drug-likeness (QED) is 0.672. The molecular weight excluding hydrogens is 254 g/mol. The van der Waals surface area contributed by atoms with Crippen LogP contribution in [0.4, 0.5) is 0 Å². The van der Waals surface area contributed by atoms with E-state index in [1.54, 1.807) is 0 Å². The molecule has 0 saturated carbocycles. The normalized spacial score (nSPS) is 23.3. The van der Waals surface area contributed by atoms with Crippen LogP contribution in [-0.2, 0) is 9.59 Å². The van der Waals surface area contributed by atoms with Crippen LogP contribution in [0.1, 0.15) is 52.4 Å². The summed E-state index contributed by atoms with van der Waals surface area (Å²) in [6.45, 7) is 4.97. The van der Waals surface area contributed by atoms with Gasteiger partial charge in [0.2, 0.25) is 5.91 Å². The summed E-state index contributed by atoms with van der Waals surface area (Å²) in [6.07, 6.45) is 9.29. The van der Waals surface area contributed by atoms with Crippen LogP contribution in [0, 0.1) is 17.8 Å². The minimum absolute atomic E-state index is 0.100. The molecule has 0 unspecified atom stereocenters. The van der Waals surface area contributed by atoms with Crippen LogP contribution in [0.3, 0.4) is 0 Å². The predicted octanol–water partition coefficient (Wildman–Crippen LogP) is 2.99. The maximum absolute atomic E-state index is 12.2. The first-order valence-corrected chi connectivity index (χ1v) is 7.75. The zero-order valence-corrected chi connectivity index (χ0v) is 12.6. The van der Waals surface area contributed by atoms with Crippen molar-refractivity contribution >= 4 is 11.9 Å². The van der Waals surface area contributed by atoms with E-state index in [4.69, 9.17) is 0 Å². The van der Waals surface area contributed by atoms with Gasteiger partial charge in [-0.1, -0.05) is 45.3 Å². The second-order valence-corrected chi connectivity index (χ2v) is 5.66. The van der Waals surface area contributed by atoms with Gasteiger partial charge in [-0.25, -0.2) is 0 Å². The number of unbranched alkanes of at least 4 members (excludes halogenated alkanes) is 1. The molecule has 2 N–H and O–H groups in total. The molecule has 4 heteroatoms. The average Bonchev–Trinajstić information content (AvgIpc) is 2.47. The van der Waals surface area contributed by atoms with Gasteiger partial charge in [-0.3, -0.25) is 9.59 Å². The summed E-state index contributed by atoms with van der Waals surface area (Å²) in [6, 6.07) is 0. The lowest BCUT2D eigenvalue weighted by Gasteiger charge is -2.25. The Morgan fingerprint density at radius 1 is 1.25 bits per heavy atom. The number of carbonyl (C=O) groups is 2. The molecule has 3 atom stereocenters.